The Morgan fingerprint density at radius 1 is 1.33 bits per heavy atom. The number of aryl methyl sites for hydroxylation is 1. The van der Waals surface area contributed by atoms with Gasteiger partial charge in [-0.25, -0.2) is 4.68 Å². The van der Waals surface area contributed by atoms with Crippen molar-refractivity contribution in [2.75, 3.05) is 0 Å². The zero-order chi connectivity index (χ0) is 13.3. The minimum atomic E-state index is 0.119. The molecule has 1 atom stereocenters. The fourth-order valence-corrected chi connectivity index (χ4v) is 2.22. The Hall–Kier alpha value is -1.03. The lowest BCUT2D eigenvalue weighted by Crippen LogP contribution is -2.17. The van der Waals surface area contributed by atoms with E-state index in [1.54, 1.807) is 10.9 Å². The third-order valence-corrected chi connectivity index (χ3v) is 3.33. The van der Waals surface area contributed by atoms with Crippen LogP contribution in [0.15, 0.2) is 24.4 Å². The predicted octanol–water partition coefficient (Wildman–Crippen LogP) is 3.38. The first-order valence-corrected chi connectivity index (χ1v) is 6.49. The molecule has 2 N–H and O–H groups in total. The van der Waals surface area contributed by atoms with E-state index in [1.807, 2.05) is 32.0 Å². The third-order valence-electron chi connectivity index (χ3n) is 2.66. The summed E-state index contributed by atoms with van der Waals surface area (Å²) in [5.41, 5.74) is 8.49. The van der Waals surface area contributed by atoms with Gasteiger partial charge in [0.15, 0.2) is 0 Å². The molecule has 0 spiro atoms. The molecule has 0 aliphatic rings. The van der Waals surface area contributed by atoms with E-state index < -0.39 is 0 Å². The van der Waals surface area contributed by atoms with Gasteiger partial charge in [0.25, 0.3) is 0 Å². The van der Waals surface area contributed by atoms with Crippen LogP contribution >= 0.6 is 23.2 Å². The van der Waals surface area contributed by atoms with Gasteiger partial charge in [0.1, 0.15) is 0 Å². The summed E-state index contributed by atoms with van der Waals surface area (Å²) in [7, 11) is 0. The van der Waals surface area contributed by atoms with Crippen LogP contribution < -0.4 is 5.73 Å². The monoisotopic (exact) mass is 283 g/mol. The second kappa shape index (κ2) is 5.31. The zero-order valence-corrected chi connectivity index (χ0v) is 11.8. The first-order valence-electron chi connectivity index (χ1n) is 5.73. The molecule has 3 nitrogen and oxygen atoms in total. The molecule has 0 aliphatic heterocycles. The molecule has 0 radical (unpaired) electrons. The summed E-state index contributed by atoms with van der Waals surface area (Å²) < 4.78 is 1.69. The van der Waals surface area contributed by atoms with Crippen LogP contribution in [-0.2, 0) is 6.42 Å². The Bertz CT molecular complexity index is 542. The molecule has 0 fully saturated rings. The average molecular weight is 284 g/mol. The van der Waals surface area contributed by atoms with Crippen molar-refractivity contribution in [1.29, 1.82) is 0 Å². The van der Waals surface area contributed by atoms with Gasteiger partial charge in [0.2, 0.25) is 0 Å². The zero-order valence-electron chi connectivity index (χ0n) is 10.3. The van der Waals surface area contributed by atoms with Gasteiger partial charge in [-0.2, -0.15) is 5.10 Å². The van der Waals surface area contributed by atoms with E-state index in [0.29, 0.717) is 10.0 Å². The highest BCUT2D eigenvalue weighted by atomic mass is 35.5. The molecule has 0 bridgehead atoms. The second-order valence-corrected chi connectivity index (χ2v) is 5.29. The summed E-state index contributed by atoms with van der Waals surface area (Å²) in [5, 5.41) is 5.58. The third kappa shape index (κ3) is 2.86. The quantitative estimate of drug-likeness (QED) is 0.939. The van der Waals surface area contributed by atoms with Crippen LogP contribution in [0.5, 0.6) is 0 Å². The summed E-state index contributed by atoms with van der Waals surface area (Å²) in [6.07, 6.45) is 2.56. The van der Waals surface area contributed by atoms with E-state index in [-0.39, 0.29) is 6.04 Å². The minimum Gasteiger partial charge on any atom is -0.328 e. The van der Waals surface area contributed by atoms with E-state index in [2.05, 4.69) is 5.10 Å². The molecule has 0 aliphatic carbocycles. The fourth-order valence-electron chi connectivity index (χ4n) is 1.80. The van der Waals surface area contributed by atoms with Gasteiger partial charge in [-0.3, -0.25) is 0 Å². The lowest BCUT2D eigenvalue weighted by atomic mass is 10.1. The van der Waals surface area contributed by atoms with Crippen molar-refractivity contribution in [1.82, 2.24) is 9.78 Å². The first-order chi connectivity index (χ1) is 8.47. The minimum absolute atomic E-state index is 0.119. The number of halogens is 2. The molecule has 0 amide bonds. The lowest BCUT2D eigenvalue weighted by molar-refractivity contribution is 0.737. The molecular formula is C13H15Cl2N3. The van der Waals surface area contributed by atoms with Crippen LogP contribution in [0, 0.1) is 6.92 Å². The highest BCUT2D eigenvalue weighted by Gasteiger charge is 2.09. The van der Waals surface area contributed by atoms with Gasteiger partial charge in [-0.05, 0) is 38.0 Å². The molecule has 5 heteroatoms. The summed E-state index contributed by atoms with van der Waals surface area (Å²) in [6, 6.07) is 5.98. The van der Waals surface area contributed by atoms with Gasteiger partial charge >= 0.3 is 0 Å². The molecule has 18 heavy (non-hydrogen) atoms. The molecule has 2 rings (SSSR count). The molecule has 1 aromatic heterocycles. The number of nitrogens with two attached hydrogens (primary N) is 1. The van der Waals surface area contributed by atoms with Gasteiger partial charge < -0.3 is 5.73 Å². The SMILES string of the molecule is Cc1nn(-c2ccc(CC(C)N)cc2Cl)cc1Cl. The summed E-state index contributed by atoms with van der Waals surface area (Å²) in [5.74, 6) is 0. The van der Waals surface area contributed by atoms with Gasteiger partial charge in [0, 0.05) is 12.2 Å². The summed E-state index contributed by atoms with van der Waals surface area (Å²) in [6.45, 7) is 3.83. The standard InChI is InChI=1S/C13H15Cl2N3/c1-8(16)5-10-3-4-13(11(14)6-10)18-7-12(15)9(2)17-18/h3-4,6-8H,5,16H2,1-2H3. The number of hydrogen-bond donors (Lipinski definition) is 1. The highest BCUT2D eigenvalue weighted by Crippen LogP contribution is 2.24. The topological polar surface area (TPSA) is 43.8 Å². The van der Waals surface area contributed by atoms with E-state index in [1.165, 1.54) is 0 Å². The Morgan fingerprint density at radius 2 is 2.06 bits per heavy atom. The van der Waals surface area contributed by atoms with Crippen molar-refractivity contribution >= 4 is 23.2 Å². The van der Waals surface area contributed by atoms with Crippen LogP contribution in [-0.4, -0.2) is 15.8 Å². The van der Waals surface area contributed by atoms with Crippen LogP contribution in [0.1, 0.15) is 18.2 Å². The Balaban J connectivity index is 2.35. The van der Waals surface area contributed by atoms with E-state index in [9.17, 15) is 0 Å². The van der Waals surface area contributed by atoms with Crippen LogP contribution in [0.3, 0.4) is 0 Å². The molecule has 1 aromatic carbocycles. The molecule has 1 unspecified atom stereocenters. The molecular weight excluding hydrogens is 269 g/mol. The number of hydrogen-bond acceptors (Lipinski definition) is 2. The van der Waals surface area contributed by atoms with Gasteiger partial charge in [0.05, 0.1) is 21.4 Å². The average Bonchev–Trinajstić information content (AvgIpc) is 2.58. The molecule has 0 saturated carbocycles. The van der Waals surface area contributed by atoms with Crippen molar-refractivity contribution in [3.63, 3.8) is 0 Å². The van der Waals surface area contributed by atoms with Crippen molar-refractivity contribution in [2.45, 2.75) is 26.3 Å². The fraction of sp³-hybridized carbons (Fsp3) is 0.308. The smallest absolute Gasteiger partial charge is 0.0832 e. The maximum absolute atomic E-state index is 6.26. The molecule has 1 heterocycles. The number of benzene rings is 1. The normalized spacial score (nSPS) is 12.7. The van der Waals surface area contributed by atoms with Crippen LogP contribution in [0.25, 0.3) is 5.69 Å². The van der Waals surface area contributed by atoms with Gasteiger partial charge in [-0.1, -0.05) is 29.3 Å². The Labute approximate surface area is 117 Å². The van der Waals surface area contributed by atoms with Crippen molar-refractivity contribution in [2.24, 2.45) is 5.73 Å². The van der Waals surface area contributed by atoms with Gasteiger partial charge in [-0.15, -0.1) is 0 Å². The van der Waals surface area contributed by atoms with Crippen molar-refractivity contribution in [3.05, 3.63) is 45.7 Å². The maximum atomic E-state index is 6.26. The van der Waals surface area contributed by atoms with E-state index in [0.717, 1.165) is 23.4 Å². The van der Waals surface area contributed by atoms with Crippen LogP contribution in [0.2, 0.25) is 10.0 Å². The Kier molecular flexibility index (Phi) is 3.95. The molecule has 96 valence electrons. The number of nitrogens with zero attached hydrogens (tertiary/aromatic N) is 2. The predicted molar refractivity (Wildman–Crippen MR) is 75.7 cm³/mol. The number of rotatable bonds is 3. The largest absolute Gasteiger partial charge is 0.328 e. The van der Waals surface area contributed by atoms with Crippen molar-refractivity contribution < 1.29 is 0 Å². The molecule has 2 aromatic rings. The summed E-state index contributed by atoms with van der Waals surface area (Å²) >= 11 is 12.3. The first kappa shape index (κ1) is 13.4. The number of aromatic nitrogens is 2. The van der Waals surface area contributed by atoms with Crippen molar-refractivity contribution in [3.8, 4) is 5.69 Å². The highest BCUT2D eigenvalue weighted by molar-refractivity contribution is 6.32. The van der Waals surface area contributed by atoms with E-state index >= 15 is 0 Å². The maximum Gasteiger partial charge on any atom is 0.0832 e. The molecule has 0 saturated heterocycles. The Morgan fingerprint density at radius 3 is 2.56 bits per heavy atom. The van der Waals surface area contributed by atoms with E-state index in [4.69, 9.17) is 28.9 Å². The second-order valence-electron chi connectivity index (χ2n) is 4.47. The lowest BCUT2D eigenvalue weighted by Gasteiger charge is -2.09. The van der Waals surface area contributed by atoms with Crippen LogP contribution in [0.4, 0.5) is 0 Å². The summed E-state index contributed by atoms with van der Waals surface area (Å²) in [4.78, 5) is 0.